The van der Waals surface area contributed by atoms with E-state index in [4.69, 9.17) is 0 Å². The summed E-state index contributed by atoms with van der Waals surface area (Å²) < 4.78 is 39.3. The number of likely N-dealkylation sites (tertiary alicyclic amines) is 1. The smallest absolute Gasteiger partial charge is 0.355 e. The molecule has 6 rings (SSSR count). The van der Waals surface area contributed by atoms with E-state index >= 15 is 0 Å². The van der Waals surface area contributed by atoms with Gasteiger partial charge in [0.25, 0.3) is 5.91 Å². The van der Waals surface area contributed by atoms with E-state index in [1.54, 1.807) is 24.3 Å². The van der Waals surface area contributed by atoms with Crippen LogP contribution in [0.5, 0.6) is 0 Å². The number of halogens is 3. The first-order valence-corrected chi connectivity index (χ1v) is 16.4. The van der Waals surface area contributed by atoms with Crippen molar-refractivity contribution in [3.63, 3.8) is 0 Å². The Morgan fingerprint density at radius 1 is 0.812 bits per heavy atom. The highest BCUT2D eigenvalue weighted by molar-refractivity contribution is 6.01. The predicted octanol–water partition coefficient (Wildman–Crippen LogP) is 7.09. The molecular formula is C39H38F3N3O3. The highest BCUT2D eigenvalue weighted by Gasteiger charge is 2.48. The summed E-state index contributed by atoms with van der Waals surface area (Å²) in [7, 11) is 0. The summed E-state index contributed by atoms with van der Waals surface area (Å²) in [4.78, 5) is 43.1. The number of hydrogen-bond donors (Lipinski definition) is 2. The van der Waals surface area contributed by atoms with E-state index < -0.39 is 17.2 Å². The van der Waals surface area contributed by atoms with Gasteiger partial charge in [-0.1, -0.05) is 84.9 Å². The molecule has 2 N–H and O–H groups in total. The van der Waals surface area contributed by atoms with E-state index in [1.165, 1.54) is 12.1 Å². The van der Waals surface area contributed by atoms with Crippen molar-refractivity contribution in [2.75, 3.05) is 19.6 Å². The number of carbonyl (C=O) groups is 3. The van der Waals surface area contributed by atoms with Gasteiger partial charge >= 0.3 is 6.18 Å². The van der Waals surface area contributed by atoms with Crippen molar-refractivity contribution in [2.24, 2.45) is 0 Å². The molecule has 0 spiro atoms. The fourth-order valence-corrected chi connectivity index (χ4v) is 7.30. The van der Waals surface area contributed by atoms with E-state index in [2.05, 4.69) is 10.6 Å². The number of alkyl halides is 3. The molecule has 4 aromatic rings. The van der Waals surface area contributed by atoms with Crippen molar-refractivity contribution in [3.8, 4) is 11.1 Å². The Bertz CT molecular complexity index is 1780. The zero-order chi connectivity index (χ0) is 33.9. The third-order valence-electron chi connectivity index (χ3n) is 9.73. The molecule has 0 aromatic heterocycles. The zero-order valence-corrected chi connectivity index (χ0v) is 26.7. The SMILES string of the molecule is CCNC(=O)C1(c2ccccc2)CCC(C(=O)N2CCC(NC(=O)c3ccccc3-c3ccc(C(F)(F)F)cc3)CC2)c2ccccc21. The Labute approximate surface area is 278 Å². The Balaban J connectivity index is 1.15. The Morgan fingerprint density at radius 2 is 1.46 bits per heavy atom. The van der Waals surface area contributed by atoms with Gasteiger partial charge in [0, 0.05) is 31.2 Å². The molecule has 1 aliphatic heterocycles. The molecule has 2 aliphatic rings. The van der Waals surface area contributed by atoms with E-state index in [-0.39, 0.29) is 29.7 Å². The van der Waals surface area contributed by atoms with Crippen LogP contribution in [0.4, 0.5) is 13.2 Å². The molecule has 9 heteroatoms. The molecule has 0 saturated carbocycles. The van der Waals surface area contributed by atoms with E-state index in [0.717, 1.165) is 28.8 Å². The van der Waals surface area contributed by atoms with Crippen molar-refractivity contribution in [3.05, 3.63) is 131 Å². The minimum atomic E-state index is -4.44. The minimum absolute atomic E-state index is 0.0254. The maximum atomic E-state index is 14.1. The lowest BCUT2D eigenvalue weighted by molar-refractivity contribution is -0.137. The molecule has 1 aliphatic carbocycles. The van der Waals surface area contributed by atoms with Gasteiger partial charge in [-0.25, -0.2) is 0 Å². The van der Waals surface area contributed by atoms with Crippen molar-refractivity contribution in [1.29, 1.82) is 0 Å². The molecule has 248 valence electrons. The van der Waals surface area contributed by atoms with Crippen LogP contribution in [-0.4, -0.2) is 48.3 Å². The van der Waals surface area contributed by atoms with Gasteiger partial charge in [0.1, 0.15) is 0 Å². The van der Waals surface area contributed by atoms with Gasteiger partial charge in [0.15, 0.2) is 0 Å². The number of fused-ring (bicyclic) bond motifs is 1. The van der Waals surface area contributed by atoms with Crippen LogP contribution in [-0.2, 0) is 21.2 Å². The predicted molar refractivity (Wildman–Crippen MR) is 178 cm³/mol. The molecule has 2 atom stereocenters. The zero-order valence-electron chi connectivity index (χ0n) is 26.7. The van der Waals surface area contributed by atoms with Crippen LogP contribution in [0.2, 0.25) is 0 Å². The van der Waals surface area contributed by atoms with Crippen LogP contribution in [0.15, 0.2) is 103 Å². The number of nitrogens with zero attached hydrogens (tertiary/aromatic N) is 1. The topological polar surface area (TPSA) is 78.5 Å². The van der Waals surface area contributed by atoms with Gasteiger partial charge in [-0.3, -0.25) is 14.4 Å². The van der Waals surface area contributed by atoms with Crippen LogP contribution >= 0.6 is 0 Å². The summed E-state index contributed by atoms with van der Waals surface area (Å²) >= 11 is 0. The molecule has 1 saturated heterocycles. The maximum absolute atomic E-state index is 14.1. The molecule has 4 aromatic carbocycles. The molecule has 3 amide bonds. The number of piperidine rings is 1. The van der Waals surface area contributed by atoms with E-state index in [0.29, 0.717) is 62.0 Å². The highest BCUT2D eigenvalue weighted by Crippen LogP contribution is 2.48. The number of rotatable bonds is 7. The van der Waals surface area contributed by atoms with Crippen molar-refractivity contribution < 1.29 is 27.6 Å². The molecule has 6 nitrogen and oxygen atoms in total. The summed E-state index contributed by atoms with van der Waals surface area (Å²) in [5.41, 5.74) is 2.45. The first kappa shape index (κ1) is 33.0. The maximum Gasteiger partial charge on any atom is 0.416 e. The van der Waals surface area contributed by atoms with Gasteiger partial charge in [-0.05, 0) is 78.6 Å². The quantitative estimate of drug-likeness (QED) is 0.224. The van der Waals surface area contributed by atoms with Crippen molar-refractivity contribution in [2.45, 2.75) is 56.2 Å². The summed E-state index contributed by atoms with van der Waals surface area (Å²) in [6.45, 7) is 3.36. The van der Waals surface area contributed by atoms with Gasteiger partial charge < -0.3 is 15.5 Å². The standard InChI is InChI=1S/C39H38F3N3O3/c1-2-43-37(48)38(27-10-4-3-5-11-27)23-20-33(31-13-8-9-15-34(31)38)36(47)45-24-21-29(22-25-45)44-35(46)32-14-7-6-12-30(32)26-16-18-28(19-17-26)39(40,41)42/h3-19,29,33H,2,20-25H2,1H3,(H,43,48)(H,44,46). The lowest BCUT2D eigenvalue weighted by Gasteiger charge is -2.42. The van der Waals surface area contributed by atoms with Gasteiger partial charge in [0.2, 0.25) is 11.8 Å². The van der Waals surface area contributed by atoms with Crippen molar-refractivity contribution >= 4 is 17.7 Å². The second-order valence-electron chi connectivity index (χ2n) is 12.5. The third kappa shape index (κ3) is 6.33. The second kappa shape index (κ2) is 13.7. The molecular weight excluding hydrogens is 615 g/mol. The summed E-state index contributed by atoms with van der Waals surface area (Å²) in [6.07, 6.45) is -2.27. The minimum Gasteiger partial charge on any atom is -0.355 e. The largest absolute Gasteiger partial charge is 0.416 e. The number of nitrogens with one attached hydrogen (secondary N) is 2. The molecule has 0 radical (unpaired) electrons. The average Bonchev–Trinajstić information content (AvgIpc) is 3.11. The number of carbonyl (C=O) groups excluding carboxylic acids is 3. The lowest BCUT2D eigenvalue weighted by Crippen LogP contribution is -2.51. The summed E-state index contributed by atoms with van der Waals surface area (Å²) in [5, 5.41) is 6.13. The van der Waals surface area contributed by atoms with Crippen LogP contribution in [0, 0.1) is 0 Å². The van der Waals surface area contributed by atoms with E-state index in [1.807, 2.05) is 66.4 Å². The number of likely N-dealkylation sites (N-methyl/N-ethyl adjacent to an activating group) is 1. The molecule has 2 unspecified atom stereocenters. The fourth-order valence-electron chi connectivity index (χ4n) is 7.30. The summed E-state index contributed by atoms with van der Waals surface area (Å²) in [5.74, 6) is -0.725. The molecule has 0 bridgehead atoms. The monoisotopic (exact) mass is 653 g/mol. The van der Waals surface area contributed by atoms with Crippen LogP contribution in [0.1, 0.15) is 71.1 Å². The number of benzene rings is 4. The highest BCUT2D eigenvalue weighted by atomic mass is 19.4. The van der Waals surface area contributed by atoms with Crippen LogP contribution in [0.25, 0.3) is 11.1 Å². The number of hydrogen-bond acceptors (Lipinski definition) is 3. The third-order valence-corrected chi connectivity index (χ3v) is 9.73. The molecule has 48 heavy (non-hydrogen) atoms. The lowest BCUT2D eigenvalue weighted by atomic mass is 9.62. The second-order valence-corrected chi connectivity index (χ2v) is 12.5. The van der Waals surface area contributed by atoms with E-state index in [9.17, 15) is 27.6 Å². The first-order valence-electron chi connectivity index (χ1n) is 16.4. The normalized spacial score (nSPS) is 19.7. The summed E-state index contributed by atoms with van der Waals surface area (Å²) in [6, 6.07) is 29.0. The average molecular weight is 654 g/mol. The number of amides is 3. The van der Waals surface area contributed by atoms with Gasteiger partial charge in [-0.2, -0.15) is 13.2 Å². The van der Waals surface area contributed by atoms with Crippen LogP contribution in [0.3, 0.4) is 0 Å². The van der Waals surface area contributed by atoms with Gasteiger partial charge in [0.05, 0.1) is 16.9 Å². The first-order chi connectivity index (χ1) is 23.1. The van der Waals surface area contributed by atoms with Crippen molar-refractivity contribution in [1.82, 2.24) is 15.5 Å². The van der Waals surface area contributed by atoms with Crippen LogP contribution < -0.4 is 10.6 Å². The Hall–Kier alpha value is -4.92. The fraction of sp³-hybridized carbons (Fsp3) is 0.308. The Kier molecular flexibility index (Phi) is 9.40. The molecule has 1 fully saturated rings. The Morgan fingerprint density at radius 3 is 2.15 bits per heavy atom. The molecule has 1 heterocycles. The van der Waals surface area contributed by atoms with Gasteiger partial charge in [-0.15, -0.1) is 0 Å².